The summed E-state index contributed by atoms with van der Waals surface area (Å²) in [5.41, 5.74) is 1.63. The fourth-order valence-corrected chi connectivity index (χ4v) is 2.45. The van der Waals surface area contributed by atoms with Crippen molar-refractivity contribution in [3.05, 3.63) is 29.3 Å². The molecule has 1 amide bonds. The van der Waals surface area contributed by atoms with E-state index >= 15 is 0 Å². The number of carbonyl (C=O) groups excluding carboxylic acids is 1. The first-order valence-electron chi connectivity index (χ1n) is 6.73. The summed E-state index contributed by atoms with van der Waals surface area (Å²) in [5, 5.41) is 12.5. The summed E-state index contributed by atoms with van der Waals surface area (Å²) in [6, 6.07) is 5.63. The molecule has 0 heterocycles. The lowest BCUT2D eigenvalue weighted by Gasteiger charge is -2.26. The van der Waals surface area contributed by atoms with E-state index in [0.717, 1.165) is 37.0 Å². The van der Waals surface area contributed by atoms with Gasteiger partial charge in [-0.15, -0.1) is 0 Å². The summed E-state index contributed by atoms with van der Waals surface area (Å²) in [6.07, 6.45) is 3.02. The van der Waals surface area contributed by atoms with Gasteiger partial charge in [-0.05, 0) is 50.3 Å². The Hall–Kier alpha value is -1.55. The molecule has 4 heteroatoms. The van der Waals surface area contributed by atoms with Gasteiger partial charge >= 0.3 is 0 Å². The maximum Gasteiger partial charge on any atom is 0.251 e. The van der Waals surface area contributed by atoms with Gasteiger partial charge in [0.15, 0.2) is 0 Å². The van der Waals surface area contributed by atoms with Crippen LogP contribution in [-0.2, 0) is 0 Å². The van der Waals surface area contributed by atoms with Crippen LogP contribution >= 0.6 is 0 Å². The van der Waals surface area contributed by atoms with E-state index in [0.29, 0.717) is 5.56 Å². The number of methoxy groups -OCH3 is 1. The average molecular weight is 263 g/mol. The molecule has 2 rings (SSSR count). The highest BCUT2D eigenvalue weighted by molar-refractivity contribution is 5.94. The number of nitrogens with one attached hydrogen (secondary N) is 1. The maximum absolute atomic E-state index is 12.1. The van der Waals surface area contributed by atoms with Crippen molar-refractivity contribution in [2.24, 2.45) is 0 Å². The number of aryl methyl sites for hydroxylation is 1. The van der Waals surface area contributed by atoms with Crippen LogP contribution in [0.1, 0.15) is 41.6 Å². The van der Waals surface area contributed by atoms with Crippen molar-refractivity contribution in [3.8, 4) is 5.75 Å². The highest BCUT2D eigenvalue weighted by Crippen LogP contribution is 2.21. The molecule has 0 bridgehead atoms. The van der Waals surface area contributed by atoms with Gasteiger partial charge in [0.05, 0.1) is 13.2 Å². The molecule has 2 N–H and O–H groups in total. The van der Waals surface area contributed by atoms with E-state index in [9.17, 15) is 9.90 Å². The summed E-state index contributed by atoms with van der Waals surface area (Å²) in [4.78, 5) is 12.1. The molecule has 0 unspecified atom stereocenters. The van der Waals surface area contributed by atoms with Crippen molar-refractivity contribution in [2.45, 2.75) is 44.8 Å². The number of aliphatic hydroxyl groups is 1. The van der Waals surface area contributed by atoms with Gasteiger partial charge in [-0.25, -0.2) is 0 Å². The average Bonchev–Trinajstić information content (AvgIpc) is 2.42. The largest absolute Gasteiger partial charge is 0.496 e. The van der Waals surface area contributed by atoms with Crippen molar-refractivity contribution in [2.75, 3.05) is 7.11 Å². The summed E-state index contributed by atoms with van der Waals surface area (Å²) in [5.74, 6) is 0.659. The molecule has 1 fully saturated rings. The van der Waals surface area contributed by atoms with Crippen molar-refractivity contribution in [1.82, 2.24) is 5.32 Å². The minimum Gasteiger partial charge on any atom is -0.496 e. The Kier molecular flexibility index (Phi) is 4.43. The SMILES string of the molecule is COc1cc(C(=O)N[C@H]2CC[C@H](O)CC2)ccc1C. The molecule has 0 aliphatic heterocycles. The van der Waals surface area contributed by atoms with Gasteiger partial charge in [0.2, 0.25) is 0 Å². The Labute approximate surface area is 113 Å². The van der Waals surface area contributed by atoms with Crippen molar-refractivity contribution in [3.63, 3.8) is 0 Å². The second-order valence-electron chi connectivity index (χ2n) is 5.16. The molecule has 1 aliphatic carbocycles. The number of hydrogen-bond donors (Lipinski definition) is 2. The molecule has 19 heavy (non-hydrogen) atoms. The molecular weight excluding hydrogens is 242 g/mol. The van der Waals surface area contributed by atoms with E-state index in [4.69, 9.17) is 4.74 Å². The van der Waals surface area contributed by atoms with Gasteiger partial charge in [0, 0.05) is 11.6 Å². The normalized spacial score (nSPS) is 22.9. The number of amides is 1. The zero-order valence-electron chi connectivity index (χ0n) is 11.5. The molecule has 0 atom stereocenters. The lowest BCUT2D eigenvalue weighted by molar-refractivity contribution is 0.0867. The van der Waals surface area contributed by atoms with Crippen LogP contribution in [0.15, 0.2) is 18.2 Å². The summed E-state index contributed by atoms with van der Waals surface area (Å²) < 4.78 is 5.23. The Bertz CT molecular complexity index is 451. The monoisotopic (exact) mass is 263 g/mol. The predicted octanol–water partition coefficient (Wildman–Crippen LogP) is 2.04. The van der Waals surface area contributed by atoms with Crippen molar-refractivity contribution >= 4 is 5.91 Å². The third-order valence-electron chi connectivity index (χ3n) is 3.70. The summed E-state index contributed by atoms with van der Waals surface area (Å²) in [7, 11) is 1.60. The van der Waals surface area contributed by atoms with Gasteiger partial charge in [-0.2, -0.15) is 0 Å². The van der Waals surface area contributed by atoms with Crippen LogP contribution in [0.25, 0.3) is 0 Å². The second-order valence-corrected chi connectivity index (χ2v) is 5.16. The summed E-state index contributed by atoms with van der Waals surface area (Å²) in [6.45, 7) is 1.95. The third kappa shape index (κ3) is 3.47. The number of benzene rings is 1. The Morgan fingerprint density at radius 2 is 2.00 bits per heavy atom. The predicted molar refractivity (Wildman–Crippen MR) is 73.5 cm³/mol. The van der Waals surface area contributed by atoms with Crippen LogP contribution in [0.3, 0.4) is 0 Å². The maximum atomic E-state index is 12.1. The number of aliphatic hydroxyl groups excluding tert-OH is 1. The zero-order chi connectivity index (χ0) is 13.8. The Balaban J connectivity index is 2.00. The number of hydrogen-bond acceptors (Lipinski definition) is 3. The minimum atomic E-state index is -0.201. The number of carbonyl (C=O) groups is 1. The van der Waals surface area contributed by atoms with Crippen molar-refractivity contribution < 1.29 is 14.6 Å². The fourth-order valence-electron chi connectivity index (χ4n) is 2.45. The first-order chi connectivity index (χ1) is 9.10. The summed E-state index contributed by atoms with van der Waals surface area (Å²) >= 11 is 0. The smallest absolute Gasteiger partial charge is 0.251 e. The Morgan fingerprint density at radius 3 is 2.63 bits per heavy atom. The van der Waals surface area contributed by atoms with Crippen LogP contribution in [0.4, 0.5) is 0 Å². The molecule has 1 aromatic carbocycles. The van der Waals surface area contributed by atoms with E-state index in [2.05, 4.69) is 5.32 Å². The standard InChI is InChI=1S/C15H21NO3/c1-10-3-4-11(9-14(10)19-2)15(18)16-12-5-7-13(17)8-6-12/h3-4,9,12-13,17H,5-8H2,1-2H3,(H,16,18)/t12-,13-. The van der Waals surface area contributed by atoms with Gasteiger partial charge in [0.25, 0.3) is 5.91 Å². The zero-order valence-corrected chi connectivity index (χ0v) is 11.5. The lowest BCUT2D eigenvalue weighted by atomic mass is 9.93. The van der Waals surface area contributed by atoms with Gasteiger partial charge in [-0.3, -0.25) is 4.79 Å². The van der Waals surface area contributed by atoms with Crippen LogP contribution in [0.5, 0.6) is 5.75 Å². The van der Waals surface area contributed by atoms with Crippen molar-refractivity contribution in [1.29, 1.82) is 0 Å². The van der Waals surface area contributed by atoms with E-state index in [1.807, 2.05) is 19.1 Å². The van der Waals surface area contributed by atoms with Crippen LogP contribution in [-0.4, -0.2) is 30.3 Å². The third-order valence-corrected chi connectivity index (χ3v) is 3.70. The quantitative estimate of drug-likeness (QED) is 0.877. The van der Waals surface area contributed by atoms with E-state index < -0.39 is 0 Å². The first kappa shape index (κ1) is 13.9. The lowest BCUT2D eigenvalue weighted by Crippen LogP contribution is -2.38. The first-order valence-corrected chi connectivity index (χ1v) is 6.73. The fraction of sp³-hybridized carbons (Fsp3) is 0.533. The molecule has 104 valence electrons. The second kappa shape index (κ2) is 6.06. The van der Waals surface area contributed by atoms with E-state index in [-0.39, 0.29) is 18.1 Å². The molecule has 4 nitrogen and oxygen atoms in total. The highest BCUT2D eigenvalue weighted by Gasteiger charge is 2.21. The minimum absolute atomic E-state index is 0.0697. The number of ether oxygens (including phenoxy) is 1. The van der Waals surface area contributed by atoms with Crippen LogP contribution in [0, 0.1) is 6.92 Å². The molecule has 0 aromatic heterocycles. The highest BCUT2D eigenvalue weighted by atomic mass is 16.5. The topological polar surface area (TPSA) is 58.6 Å². The van der Waals surface area contributed by atoms with Crippen LogP contribution in [0.2, 0.25) is 0 Å². The molecule has 0 spiro atoms. The van der Waals surface area contributed by atoms with Crippen LogP contribution < -0.4 is 10.1 Å². The molecular formula is C15H21NO3. The van der Waals surface area contributed by atoms with E-state index in [1.54, 1.807) is 13.2 Å². The van der Waals surface area contributed by atoms with Gasteiger partial charge < -0.3 is 15.2 Å². The molecule has 1 saturated carbocycles. The molecule has 1 aliphatic rings. The number of rotatable bonds is 3. The Morgan fingerprint density at radius 1 is 1.32 bits per heavy atom. The molecule has 1 aromatic rings. The molecule has 0 radical (unpaired) electrons. The van der Waals surface area contributed by atoms with Gasteiger partial charge in [-0.1, -0.05) is 6.07 Å². The van der Waals surface area contributed by atoms with Gasteiger partial charge in [0.1, 0.15) is 5.75 Å². The van der Waals surface area contributed by atoms with E-state index in [1.165, 1.54) is 0 Å². The molecule has 0 saturated heterocycles.